The minimum absolute atomic E-state index is 0. The van der Waals surface area contributed by atoms with Gasteiger partial charge in [0.15, 0.2) is 36.9 Å². The smallest absolute Gasteiger partial charge is 0.343 e. The molecule has 11 N–H and O–H groups in total. The first-order chi connectivity index (χ1) is 21.6. The lowest BCUT2D eigenvalue weighted by Gasteiger charge is -2.13. The lowest BCUT2D eigenvalue weighted by Crippen LogP contribution is -2.45. The quantitative estimate of drug-likeness (QED) is 0.0795. The summed E-state index contributed by atoms with van der Waals surface area (Å²) in [6, 6.07) is 5.81. The summed E-state index contributed by atoms with van der Waals surface area (Å²) in [5, 5.41) is 57.7. The molecule has 2 aliphatic carbocycles. The Labute approximate surface area is 277 Å². The van der Waals surface area contributed by atoms with Gasteiger partial charge in [-0.05, 0) is 12.1 Å². The highest BCUT2D eigenvalue weighted by Gasteiger charge is 2.47. The van der Waals surface area contributed by atoms with Crippen LogP contribution in [-0.2, 0) is 25.0 Å². The van der Waals surface area contributed by atoms with Crippen LogP contribution in [0.1, 0.15) is 45.6 Å². The number of aliphatic hydroxyl groups is 6. The summed E-state index contributed by atoms with van der Waals surface area (Å²) in [5.74, 6) is -1.71. The lowest BCUT2D eigenvalue weighted by molar-refractivity contribution is -0.729. The van der Waals surface area contributed by atoms with E-state index in [1.54, 1.807) is 58.2 Å². The molecule has 19 nitrogen and oxygen atoms in total. The number of primary amides is 1. The van der Waals surface area contributed by atoms with E-state index in [2.05, 4.69) is 4.74 Å². The van der Waals surface area contributed by atoms with Crippen LogP contribution in [0.5, 0.6) is 0 Å². The topological polar surface area (TPSA) is 348 Å². The summed E-state index contributed by atoms with van der Waals surface area (Å²) in [7, 11) is -6.53. The highest BCUT2D eigenvalue weighted by atomic mass is 32.2. The monoisotopic (exact) mass is 728 g/mol. The highest BCUT2D eigenvalue weighted by molar-refractivity contribution is 7.85. The van der Waals surface area contributed by atoms with E-state index in [9.17, 15) is 30.0 Å². The van der Waals surface area contributed by atoms with E-state index in [4.69, 9.17) is 41.9 Å². The molecule has 8 atom stereocenters. The number of rotatable bonds is 6. The second-order valence-corrected chi connectivity index (χ2v) is 13.6. The van der Waals surface area contributed by atoms with Crippen LogP contribution in [0, 0.1) is 11.8 Å². The van der Waals surface area contributed by atoms with Crippen molar-refractivity contribution in [2.24, 2.45) is 17.6 Å². The molecule has 1 amide bonds. The van der Waals surface area contributed by atoms with E-state index in [0.717, 1.165) is 0 Å². The van der Waals surface area contributed by atoms with Gasteiger partial charge in [-0.1, -0.05) is 0 Å². The van der Waals surface area contributed by atoms with Crippen molar-refractivity contribution < 1.29 is 80.0 Å². The number of ether oxygens (including phenoxy) is 1. The maximum absolute atomic E-state index is 11.5. The second-order valence-electron chi connectivity index (χ2n) is 10.8. The molecule has 2 heterocycles. The van der Waals surface area contributed by atoms with E-state index in [-0.39, 0.29) is 43.3 Å². The van der Waals surface area contributed by atoms with Gasteiger partial charge in [0.25, 0.3) is 5.91 Å². The van der Waals surface area contributed by atoms with Crippen molar-refractivity contribution in [2.75, 3.05) is 32.8 Å². The van der Waals surface area contributed by atoms with E-state index in [0.29, 0.717) is 36.5 Å². The molecule has 4 rings (SSSR count). The van der Waals surface area contributed by atoms with Crippen LogP contribution < -0.4 is 21.0 Å². The first-order valence-corrected chi connectivity index (χ1v) is 17.4. The predicted molar refractivity (Wildman–Crippen MR) is 162 cm³/mol. The molecule has 2 fully saturated rings. The van der Waals surface area contributed by atoms with Gasteiger partial charge in [0.1, 0.15) is 23.3 Å². The van der Waals surface area contributed by atoms with Crippen molar-refractivity contribution in [1.82, 2.24) is 6.15 Å². The Kier molecular flexibility index (Phi) is 18.4. The fraction of sp³-hybridized carbons (Fsp3) is 0.556. The summed E-state index contributed by atoms with van der Waals surface area (Å²) in [4.78, 5) is 22.6. The van der Waals surface area contributed by atoms with Crippen molar-refractivity contribution in [2.45, 2.75) is 49.3 Å². The van der Waals surface area contributed by atoms with Gasteiger partial charge in [-0.2, -0.15) is 9.13 Å². The molecular formula is C27H44N4O15S2. The summed E-state index contributed by atoms with van der Waals surface area (Å²) >= 11 is 0. The van der Waals surface area contributed by atoms with Crippen LogP contribution in [0.2, 0.25) is 0 Å². The number of methoxy groups -OCH3 is 1. The second kappa shape index (κ2) is 19.7. The minimum Gasteiger partial charge on any atom is -0.748 e. The molecule has 0 saturated heterocycles. The number of aromatic nitrogens is 2. The van der Waals surface area contributed by atoms with E-state index < -0.39 is 56.5 Å². The zero-order chi connectivity index (χ0) is 36.3. The average molecular weight is 729 g/mol. The van der Waals surface area contributed by atoms with Crippen LogP contribution in [0.4, 0.5) is 0 Å². The first kappa shape index (κ1) is 44.8. The summed E-state index contributed by atoms with van der Waals surface area (Å²) in [5.41, 5.74) is 5.91. The summed E-state index contributed by atoms with van der Waals surface area (Å²) in [6.07, 6.45) is 4.81. The van der Waals surface area contributed by atoms with Gasteiger partial charge in [-0.15, -0.1) is 0 Å². The van der Waals surface area contributed by atoms with Gasteiger partial charge in [0.2, 0.25) is 0 Å². The van der Waals surface area contributed by atoms with Crippen LogP contribution in [0.15, 0.2) is 49.1 Å². The largest absolute Gasteiger partial charge is 0.748 e. The van der Waals surface area contributed by atoms with Crippen LogP contribution >= 0.6 is 0 Å². The van der Waals surface area contributed by atoms with E-state index >= 15 is 0 Å². The molecule has 2 saturated carbocycles. The number of aliphatic hydroxyl groups excluding tert-OH is 6. The molecular weight excluding hydrogens is 684 g/mol. The number of amides is 1. The van der Waals surface area contributed by atoms with Gasteiger partial charge in [0, 0.05) is 62.5 Å². The fourth-order valence-corrected chi connectivity index (χ4v) is 4.93. The Morgan fingerprint density at radius 2 is 1.12 bits per heavy atom. The van der Waals surface area contributed by atoms with Crippen molar-refractivity contribution in [3.05, 3.63) is 60.2 Å². The Hall–Kier alpha value is -3.22. The Morgan fingerprint density at radius 3 is 1.42 bits per heavy atom. The van der Waals surface area contributed by atoms with Gasteiger partial charge >= 0.3 is 5.97 Å². The number of esters is 1. The van der Waals surface area contributed by atoms with Gasteiger partial charge in [-0.3, -0.25) is 4.79 Å². The zero-order valence-electron chi connectivity index (χ0n) is 26.4. The highest BCUT2D eigenvalue weighted by Crippen LogP contribution is 2.32. The number of carbonyl (C=O) groups is 2. The first-order valence-electron chi connectivity index (χ1n) is 13.8. The van der Waals surface area contributed by atoms with Gasteiger partial charge < -0.3 is 56.4 Å². The number of pyridine rings is 2. The van der Waals surface area contributed by atoms with Crippen LogP contribution in [-0.4, -0.2) is 126 Å². The number of nitrogens with zero attached hydrogens (tertiary/aromatic N) is 2. The summed E-state index contributed by atoms with van der Waals surface area (Å²) < 4.78 is 62.4. The van der Waals surface area contributed by atoms with Crippen LogP contribution in [0.3, 0.4) is 0 Å². The SMILES string of the molecule is COC(=O)c1ccc[n+](C2CC(CO)C(O)C2O)c1.CS(=O)(=O)[O-].CS(=O)(=O)[O-].N.NC(=O)c1ccc[n+](C2CC(CO)C(O)C2O)c1. The van der Waals surface area contributed by atoms with Crippen molar-refractivity contribution >= 4 is 32.1 Å². The van der Waals surface area contributed by atoms with Crippen molar-refractivity contribution in [1.29, 1.82) is 0 Å². The van der Waals surface area contributed by atoms with Gasteiger partial charge in [0.05, 0.1) is 39.6 Å². The Balaban J connectivity index is 0.000000709. The molecule has 2 aliphatic rings. The number of hydrogen-bond acceptors (Lipinski definition) is 16. The molecule has 0 spiro atoms. The molecule has 0 radical (unpaired) electrons. The molecule has 2 aromatic heterocycles. The maximum Gasteiger partial charge on any atom is 0.343 e. The normalized spacial score (nSPS) is 26.2. The zero-order valence-corrected chi connectivity index (χ0v) is 28.1. The van der Waals surface area contributed by atoms with E-state index in [1.165, 1.54) is 7.11 Å². The average Bonchev–Trinajstić information content (AvgIpc) is 3.44. The number of carbonyl (C=O) groups excluding carboxylic acids is 2. The molecule has 274 valence electrons. The third-order valence-electron chi connectivity index (χ3n) is 7.13. The molecule has 0 aliphatic heterocycles. The fourth-order valence-electron chi connectivity index (χ4n) is 4.93. The molecule has 48 heavy (non-hydrogen) atoms. The van der Waals surface area contributed by atoms with Crippen LogP contribution in [0.25, 0.3) is 0 Å². The molecule has 0 bridgehead atoms. The van der Waals surface area contributed by atoms with E-state index in [1.807, 2.05) is 0 Å². The van der Waals surface area contributed by atoms with Crippen molar-refractivity contribution in [3.8, 4) is 0 Å². The maximum atomic E-state index is 11.5. The summed E-state index contributed by atoms with van der Waals surface area (Å²) in [6.45, 7) is -0.350. The molecule has 0 aromatic carbocycles. The molecule has 21 heteroatoms. The third kappa shape index (κ3) is 14.9. The lowest BCUT2D eigenvalue weighted by atomic mass is 10.1. The Morgan fingerprint density at radius 1 is 0.792 bits per heavy atom. The standard InChI is InChI=1S/C13H18NO5.C12H16N2O4.2CH4O3S.H3N/c1-19-13(18)8-3-2-4-14(6-8)10-5-9(7-15)11(16)12(10)17;13-12(18)7-2-1-3-14(5-7)9-4-8(6-15)10(16)11(9)17;2*1-5(2,3)4;/h2-4,6,9-12,15-17H,5,7H2,1H3;1-3,5,8-11,15-17H,4,6H2,(H-,13,18);2*1H3,(H,2,3,4);1H3/q+1;;;;/p-1. The molecule has 8 unspecified atom stereocenters. The van der Waals surface area contributed by atoms with Gasteiger partial charge in [-0.25, -0.2) is 21.6 Å². The molecule has 2 aromatic rings. The Bertz CT molecular complexity index is 1500. The van der Waals surface area contributed by atoms with Crippen molar-refractivity contribution in [3.63, 3.8) is 0 Å². The number of hydrogen-bond donors (Lipinski definition) is 8. The third-order valence-corrected chi connectivity index (χ3v) is 7.13. The number of nitrogens with two attached hydrogens (primary N) is 1. The minimum atomic E-state index is -3.92. The predicted octanol–water partition coefficient (Wildman–Crippen LogP) is -4.13.